The Labute approximate surface area is 275 Å². The summed E-state index contributed by atoms with van der Waals surface area (Å²) in [5.74, 6) is -1.37. The van der Waals surface area contributed by atoms with Crippen molar-refractivity contribution in [2.24, 2.45) is 0 Å². The van der Waals surface area contributed by atoms with E-state index in [1.807, 2.05) is 6.07 Å². The third-order valence-electron chi connectivity index (χ3n) is 7.64. The van der Waals surface area contributed by atoms with Gasteiger partial charge in [-0.3, -0.25) is 19.0 Å². The highest BCUT2D eigenvalue weighted by atomic mass is 32.2. The Morgan fingerprint density at radius 1 is 1.08 bits per heavy atom. The van der Waals surface area contributed by atoms with E-state index >= 15 is 0 Å². The Balaban J connectivity index is 0.000000223. The molecule has 1 aromatic carbocycles. The van der Waals surface area contributed by atoms with E-state index < -0.39 is 23.2 Å². The molecule has 2 aliphatic heterocycles. The average Bonchev–Trinajstić information content (AvgIpc) is 3.91. The Hall–Kier alpha value is -5.46. The Kier molecular flexibility index (Phi) is 9.55. The van der Waals surface area contributed by atoms with Gasteiger partial charge in [-0.1, -0.05) is 23.4 Å². The first-order valence-corrected chi connectivity index (χ1v) is 15.7. The summed E-state index contributed by atoms with van der Waals surface area (Å²) in [4.78, 5) is 63.4. The van der Waals surface area contributed by atoms with Crippen LogP contribution >= 0.6 is 11.8 Å². The molecule has 0 bridgehead atoms. The van der Waals surface area contributed by atoms with Crippen LogP contribution in [-0.2, 0) is 9.53 Å². The number of benzene rings is 1. The number of aliphatic hydroxyl groups is 1. The van der Waals surface area contributed by atoms with Crippen molar-refractivity contribution in [1.29, 1.82) is 0 Å². The number of aromatic nitrogens is 7. The molecule has 2 amide bonds. The maximum Gasteiger partial charge on any atom is 0.351 e. The molecule has 7 rings (SSSR count). The number of hydrogen-bond acceptors (Lipinski definition) is 12. The van der Waals surface area contributed by atoms with E-state index in [0.29, 0.717) is 24.4 Å². The fraction of sp³-hybridized carbons (Fsp3) is 0.267. The molecule has 0 unspecified atom stereocenters. The molecule has 6 heterocycles. The summed E-state index contributed by atoms with van der Waals surface area (Å²) in [6.07, 6.45) is 6.43. The van der Waals surface area contributed by atoms with Crippen LogP contribution in [0.2, 0.25) is 0 Å². The molecule has 4 N–H and O–H groups in total. The van der Waals surface area contributed by atoms with Crippen molar-refractivity contribution >= 4 is 46.1 Å². The molecule has 248 valence electrons. The second-order valence-electron chi connectivity index (χ2n) is 10.6. The fourth-order valence-electron chi connectivity index (χ4n) is 5.23. The van der Waals surface area contributed by atoms with Gasteiger partial charge < -0.3 is 30.4 Å². The number of fused-ring (bicyclic) bond motifs is 1. The van der Waals surface area contributed by atoms with Crippen LogP contribution in [-0.4, -0.2) is 111 Å². The van der Waals surface area contributed by atoms with Gasteiger partial charge in [-0.05, 0) is 18.2 Å². The number of aliphatic hydroxyl groups excluding tert-OH is 1. The van der Waals surface area contributed by atoms with Crippen molar-refractivity contribution in [3.8, 4) is 5.82 Å². The largest absolute Gasteiger partial charge is 0.393 e. The number of anilines is 1. The van der Waals surface area contributed by atoms with Crippen LogP contribution in [0.5, 0.6) is 0 Å². The summed E-state index contributed by atoms with van der Waals surface area (Å²) in [6.45, 7) is 0.961. The number of halogens is 1. The zero-order valence-electron chi connectivity index (χ0n) is 25.2. The number of ketones is 1. The van der Waals surface area contributed by atoms with Crippen LogP contribution in [0, 0.1) is 5.82 Å². The molecule has 18 heteroatoms. The quantitative estimate of drug-likeness (QED) is 0.169. The highest BCUT2D eigenvalue weighted by Gasteiger charge is 2.31. The number of amides is 2. The number of carbonyl (C=O) groups is 3. The average molecular weight is 677 g/mol. The molecule has 48 heavy (non-hydrogen) atoms. The predicted octanol–water partition coefficient (Wildman–Crippen LogP) is 0.856. The highest BCUT2D eigenvalue weighted by Crippen LogP contribution is 2.30. The zero-order valence-corrected chi connectivity index (χ0v) is 26.0. The lowest BCUT2D eigenvalue weighted by atomic mass is 10.1. The Morgan fingerprint density at radius 2 is 1.83 bits per heavy atom. The molecule has 5 aromatic rings. The summed E-state index contributed by atoms with van der Waals surface area (Å²) in [5, 5.41) is 16.4. The van der Waals surface area contributed by atoms with E-state index in [0.717, 1.165) is 6.20 Å². The van der Waals surface area contributed by atoms with Crippen LogP contribution in [0.4, 0.5) is 10.2 Å². The molecule has 0 aliphatic carbocycles. The molecule has 2 aliphatic rings. The third-order valence-corrected chi connectivity index (χ3v) is 8.75. The summed E-state index contributed by atoms with van der Waals surface area (Å²) >= 11 is 1.47. The number of aromatic amines is 1. The van der Waals surface area contributed by atoms with Crippen molar-refractivity contribution in [3.63, 3.8) is 0 Å². The summed E-state index contributed by atoms with van der Waals surface area (Å²) in [5.41, 5.74) is 5.39. The standard InChI is InChI=1S/C22H18FN7O3.C8H11N3O3S/c23-16-13-25-20(30-7-6-26-27-30)18-17(16)15(12-24-18)19(31)22(33)29-10-8-28(9-11-29)21(32)14-4-2-1-3-5-14;9-5-1-2-11(8(13)10-5)6-4-15-7(3-12)14-6/h1-7,12-13,24H,8-11H2;1-2,6-7,12H,3-4H2,(H2,9,10,13)/t;6-,7+/m.0/s1. The number of thioether (sulfide) groups is 1. The zero-order chi connectivity index (χ0) is 33.8. The maximum atomic E-state index is 14.6. The number of nitrogens with zero attached hydrogens (tertiary/aromatic N) is 8. The molecule has 2 saturated heterocycles. The number of nitrogen functional groups attached to an aromatic ring is 1. The molecule has 0 spiro atoms. The third kappa shape index (κ3) is 6.66. The molecular formula is C30H29FN10O6S. The number of rotatable bonds is 6. The molecule has 16 nitrogen and oxygen atoms in total. The summed E-state index contributed by atoms with van der Waals surface area (Å²) in [6, 6.07) is 10.4. The number of hydrogen-bond donors (Lipinski definition) is 3. The van der Waals surface area contributed by atoms with Gasteiger partial charge in [0.05, 0.1) is 41.7 Å². The van der Waals surface area contributed by atoms with E-state index in [4.69, 9.17) is 15.6 Å². The minimum absolute atomic E-state index is 0.0354. The van der Waals surface area contributed by atoms with Crippen molar-refractivity contribution in [3.05, 3.63) is 94.8 Å². The first-order chi connectivity index (χ1) is 23.2. The molecule has 0 saturated carbocycles. The minimum atomic E-state index is -0.835. The van der Waals surface area contributed by atoms with Crippen LogP contribution in [0.15, 0.2) is 72.2 Å². The number of carbonyl (C=O) groups excluding carboxylic acids is 3. The van der Waals surface area contributed by atoms with Gasteiger partial charge in [0.1, 0.15) is 17.5 Å². The lowest BCUT2D eigenvalue weighted by molar-refractivity contribution is -0.127. The van der Waals surface area contributed by atoms with Gasteiger partial charge in [-0.2, -0.15) is 4.98 Å². The number of nitrogens with two attached hydrogens (primary N) is 1. The molecule has 0 radical (unpaired) electrons. The Bertz CT molecular complexity index is 2000. The minimum Gasteiger partial charge on any atom is -0.393 e. The molecule has 4 aromatic heterocycles. The normalized spacial score (nSPS) is 17.6. The number of piperazine rings is 1. The smallest absolute Gasteiger partial charge is 0.351 e. The van der Waals surface area contributed by atoms with Crippen LogP contribution in [0.1, 0.15) is 26.9 Å². The highest BCUT2D eigenvalue weighted by molar-refractivity contribution is 8.00. The predicted molar refractivity (Wildman–Crippen MR) is 171 cm³/mol. The van der Waals surface area contributed by atoms with Crippen LogP contribution in [0.3, 0.4) is 0 Å². The summed E-state index contributed by atoms with van der Waals surface area (Å²) in [7, 11) is 0. The lowest BCUT2D eigenvalue weighted by Crippen LogP contribution is -2.52. The van der Waals surface area contributed by atoms with Gasteiger partial charge in [-0.15, -0.1) is 16.9 Å². The lowest BCUT2D eigenvalue weighted by Gasteiger charge is -2.34. The van der Waals surface area contributed by atoms with Gasteiger partial charge in [-0.25, -0.2) is 18.9 Å². The topological polar surface area (TPSA) is 207 Å². The van der Waals surface area contributed by atoms with Gasteiger partial charge >= 0.3 is 5.69 Å². The number of Topliss-reactive ketones (excluding diaryl/α,β-unsaturated/α-hetero) is 1. The van der Waals surface area contributed by atoms with Gasteiger partial charge in [0.25, 0.3) is 17.6 Å². The van der Waals surface area contributed by atoms with E-state index in [2.05, 4.69) is 25.3 Å². The van der Waals surface area contributed by atoms with Crippen molar-refractivity contribution < 1.29 is 28.6 Å². The van der Waals surface area contributed by atoms with Gasteiger partial charge in [0.15, 0.2) is 11.6 Å². The molecule has 2 fully saturated rings. The second kappa shape index (κ2) is 14.1. The molecular weight excluding hydrogens is 647 g/mol. The number of pyridine rings is 1. The first kappa shape index (κ1) is 32.5. The van der Waals surface area contributed by atoms with Gasteiger partial charge in [0, 0.05) is 49.9 Å². The second-order valence-corrected chi connectivity index (χ2v) is 11.8. The summed E-state index contributed by atoms with van der Waals surface area (Å²) < 4.78 is 22.7. The van der Waals surface area contributed by atoms with E-state index in [1.165, 1.54) is 44.5 Å². The number of nitrogens with one attached hydrogen (secondary N) is 1. The Morgan fingerprint density at radius 3 is 2.50 bits per heavy atom. The van der Waals surface area contributed by atoms with Crippen molar-refractivity contribution in [2.45, 2.75) is 11.7 Å². The van der Waals surface area contributed by atoms with Crippen LogP contribution < -0.4 is 11.4 Å². The SMILES string of the molecule is Nc1ccn([C@@H]2CS[C@H](CO)O2)c(=O)n1.O=C(C(=O)N1CCN(C(=O)c2ccccc2)CC1)c1c[nH]c2c(-n3ccnn3)ncc(F)c12. The van der Waals surface area contributed by atoms with Crippen molar-refractivity contribution in [1.82, 2.24) is 44.3 Å². The monoisotopic (exact) mass is 676 g/mol. The number of ether oxygens (including phenoxy) is 1. The van der Waals surface area contributed by atoms with E-state index in [9.17, 15) is 23.6 Å². The fourth-order valence-corrected chi connectivity index (χ4v) is 6.16. The van der Waals surface area contributed by atoms with Crippen LogP contribution in [0.25, 0.3) is 16.7 Å². The number of H-pyrrole nitrogens is 1. The van der Waals surface area contributed by atoms with Crippen molar-refractivity contribution in [2.75, 3.05) is 44.3 Å². The maximum absolute atomic E-state index is 14.6. The molecule has 2 atom stereocenters. The van der Waals surface area contributed by atoms with E-state index in [-0.39, 0.29) is 65.4 Å². The first-order valence-electron chi connectivity index (χ1n) is 14.7. The van der Waals surface area contributed by atoms with E-state index in [1.54, 1.807) is 41.4 Å². The van der Waals surface area contributed by atoms with Gasteiger partial charge in [0.2, 0.25) is 0 Å².